The summed E-state index contributed by atoms with van der Waals surface area (Å²) >= 11 is 0. The first-order valence-corrected chi connectivity index (χ1v) is 4.19. The molecular formula is C8H13NO4. The average Bonchev–Trinajstić information content (AvgIpc) is 2.44. The Balaban J connectivity index is 2.30. The van der Waals surface area contributed by atoms with Crippen molar-refractivity contribution in [3.05, 3.63) is 0 Å². The summed E-state index contributed by atoms with van der Waals surface area (Å²) in [6, 6.07) is 0. The minimum atomic E-state index is -0.877. The van der Waals surface area contributed by atoms with Gasteiger partial charge in [0.05, 0.1) is 13.5 Å². The molecule has 0 aromatic heterocycles. The van der Waals surface area contributed by atoms with Gasteiger partial charge < -0.3 is 14.7 Å². The number of aliphatic hydroxyl groups is 1. The molecule has 1 saturated heterocycles. The van der Waals surface area contributed by atoms with Crippen molar-refractivity contribution in [3.8, 4) is 0 Å². The van der Waals surface area contributed by atoms with Crippen LogP contribution in [0.25, 0.3) is 0 Å². The van der Waals surface area contributed by atoms with Crippen molar-refractivity contribution >= 4 is 11.9 Å². The second-order valence-electron chi connectivity index (χ2n) is 2.96. The molecule has 0 spiro atoms. The summed E-state index contributed by atoms with van der Waals surface area (Å²) in [6.07, 6.45) is -0.229. The van der Waals surface area contributed by atoms with Gasteiger partial charge in [0.25, 0.3) is 5.91 Å². The maximum Gasteiger partial charge on any atom is 0.307 e. The zero-order chi connectivity index (χ0) is 9.84. The van der Waals surface area contributed by atoms with Crippen LogP contribution >= 0.6 is 0 Å². The molecule has 0 aromatic rings. The monoisotopic (exact) mass is 187 g/mol. The van der Waals surface area contributed by atoms with Gasteiger partial charge in [0.15, 0.2) is 0 Å². The molecule has 0 aliphatic carbocycles. The lowest BCUT2D eigenvalue weighted by Gasteiger charge is -2.14. The Labute approximate surface area is 76.3 Å². The largest absolute Gasteiger partial charge is 0.469 e. The normalized spacial score (nSPS) is 22.2. The molecule has 1 rings (SSSR count). The molecule has 1 fully saturated rings. The number of hydrogen-bond donors (Lipinski definition) is 1. The summed E-state index contributed by atoms with van der Waals surface area (Å²) in [4.78, 5) is 23.3. The molecule has 5 nitrogen and oxygen atoms in total. The number of likely N-dealkylation sites (tertiary alicyclic amines) is 1. The van der Waals surface area contributed by atoms with Gasteiger partial charge in [0.1, 0.15) is 6.10 Å². The fourth-order valence-electron chi connectivity index (χ4n) is 1.27. The lowest BCUT2D eigenvalue weighted by molar-refractivity contribution is -0.142. The zero-order valence-electron chi connectivity index (χ0n) is 7.52. The van der Waals surface area contributed by atoms with E-state index in [1.165, 1.54) is 12.0 Å². The van der Waals surface area contributed by atoms with E-state index >= 15 is 0 Å². The van der Waals surface area contributed by atoms with Gasteiger partial charge in [-0.25, -0.2) is 0 Å². The number of nitrogens with zero attached hydrogens (tertiary/aromatic N) is 1. The molecule has 0 bridgehead atoms. The Bertz CT molecular complexity index is 216. The molecule has 0 aromatic carbocycles. The van der Waals surface area contributed by atoms with Crippen molar-refractivity contribution in [2.24, 2.45) is 0 Å². The van der Waals surface area contributed by atoms with Crippen LogP contribution < -0.4 is 0 Å². The van der Waals surface area contributed by atoms with Crippen LogP contribution in [0.2, 0.25) is 0 Å². The van der Waals surface area contributed by atoms with Crippen molar-refractivity contribution in [1.82, 2.24) is 4.90 Å². The van der Waals surface area contributed by atoms with Crippen molar-refractivity contribution in [2.45, 2.75) is 18.9 Å². The van der Waals surface area contributed by atoms with E-state index in [4.69, 9.17) is 5.11 Å². The first kappa shape index (κ1) is 9.98. The van der Waals surface area contributed by atoms with Crippen LogP contribution in [0, 0.1) is 0 Å². The van der Waals surface area contributed by atoms with Crippen LogP contribution in [0.3, 0.4) is 0 Å². The summed E-state index contributed by atoms with van der Waals surface area (Å²) in [5.41, 5.74) is 0. The van der Waals surface area contributed by atoms with Crippen LogP contribution in [0.5, 0.6) is 0 Å². The summed E-state index contributed by atoms with van der Waals surface area (Å²) in [5, 5.41) is 9.08. The summed E-state index contributed by atoms with van der Waals surface area (Å²) in [6.45, 7) is 0.861. The number of esters is 1. The molecule has 1 amide bonds. The van der Waals surface area contributed by atoms with Crippen LogP contribution in [-0.4, -0.2) is 48.2 Å². The van der Waals surface area contributed by atoms with Gasteiger partial charge in [-0.3, -0.25) is 9.59 Å². The number of amides is 1. The van der Waals surface area contributed by atoms with E-state index < -0.39 is 6.10 Å². The van der Waals surface area contributed by atoms with Gasteiger partial charge in [-0.15, -0.1) is 0 Å². The maximum atomic E-state index is 11.1. The molecule has 1 heterocycles. The SMILES string of the molecule is COC(=O)CCN1CCC(O)C1=O. The zero-order valence-corrected chi connectivity index (χ0v) is 7.52. The molecule has 1 N–H and O–H groups in total. The summed E-state index contributed by atoms with van der Waals surface area (Å²) in [5.74, 6) is -0.627. The summed E-state index contributed by atoms with van der Waals surface area (Å²) < 4.78 is 4.43. The summed E-state index contributed by atoms with van der Waals surface area (Å²) in [7, 11) is 1.31. The fourth-order valence-corrected chi connectivity index (χ4v) is 1.27. The standard InChI is InChI=1S/C8H13NO4/c1-13-7(11)3-5-9-4-2-6(10)8(9)12/h6,10H,2-5H2,1H3. The van der Waals surface area contributed by atoms with E-state index in [1.807, 2.05) is 0 Å². The van der Waals surface area contributed by atoms with E-state index in [0.717, 1.165) is 0 Å². The Morgan fingerprint density at radius 2 is 2.46 bits per heavy atom. The van der Waals surface area contributed by atoms with Crippen molar-refractivity contribution in [3.63, 3.8) is 0 Å². The first-order chi connectivity index (χ1) is 6.15. The molecule has 0 saturated carbocycles. The number of carbonyl (C=O) groups excluding carboxylic acids is 2. The molecule has 1 aliphatic rings. The van der Waals surface area contributed by atoms with Gasteiger partial charge in [-0.05, 0) is 6.42 Å². The Morgan fingerprint density at radius 3 is 2.92 bits per heavy atom. The molecular weight excluding hydrogens is 174 g/mol. The number of hydrogen-bond acceptors (Lipinski definition) is 4. The number of methoxy groups -OCH3 is 1. The molecule has 1 unspecified atom stereocenters. The highest BCUT2D eigenvalue weighted by Crippen LogP contribution is 2.10. The minimum Gasteiger partial charge on any atom is -0.469 e. The predicted molar refractivity (Wildman–Crippen MR) is 43.8 cm³/mol. The van der Waals surface area contributed by atoms with E-state index in [-0.39, 0.29) is 18.3 Å². The third-order valence-corrected chi connectivity index (χ3v) is 2.08. The minimum absolute atomic E-state index is 0.189. The fraction of sp³-hybridized carbons (Fsp3) is 0.750. The third kappa shape index (κ3) is 2.42. The van der Waals surface area contributed by atoms with Crippen LogP contribution in [0.4, 0.5) is 0 Å². The van der Waals surface area contributed by atoms with E-state index in [9.17, 15) is 9.59 Å². The third-order valence-electron chi connectivity index (χ3n) is 2.08. The molecule has 0 radical (unpaired) electrons. The molecule has 1 aliphatic heterocycles. The van der Waals surface area contributed by atoms with Gasteiger partial charge in [0, 0.05) is 13.1 Å². The number of ether oxygens (including phenoxy) is 1. The highest BCUT2D eigenvalue weighted by atomic mass is 16.5. The quantitative estimate of drug-likeness (QED) is 0.584. The van der Waals surface area contributed by atoms with E-state index in [2.05, 4.69) is 4.74 Å². The molecule has 5 heteroatoms. The number of rotatable bonds is 3. The Hall–Kier alpha value is -1.10. The Kier molecular flexibility index (Phi) is 3.25. The first-order valence-electron chi connectivity index (χ1n) is 4.19. The van der Waals surface area contributed by atoms with E-state index in [1.54, 1.807) is 0 Å². The van der Waals surface area contributed by atoms with Gasteiger partial charge >= 0.3 is 5.97 Å². The number of aliphatic hydroxyl groups excluding tert-OH is 1. The van der Waals surface area contributed by atoms with Crippen molar-refractivity contribution in [2.75, 3.05) is 20.2 Å². The predicted octanol–water partition coefficient (Wildman–Crippen LogP) is -0.857. The van der Waals surface area contributed by atoms with Crippen molar-refractivity contribution < 1.29 is 19.4 Å². The Morgan fingerprint density at radius 1 is 1.77 bits per heavy atom. The van der Waals surface area contributed by atoms with Crippen molar-refractivity contribution in [1.29, 1.82) is 0 Å². The lowest BCUT2D eigenvalue weighted by atomic mass is 10.3. The highest BCUT2D eigenvalue weighted by Gasteiger charge is 2.29. The molecule has 74 valence electrons. The van der Waals surface area contributed by atoms with Crippen LogP contribution in [0.1, 0.15) is 12.8 Å². The van der Waals surface area contributed by atoms with Crippen LogP contribution in [0.15, 0.2) is 0 Å². The topological polar surface area (TPSA) is 66.8 Å². The molecule has 1 atom stereocenters. The second kappa shape index (κ2) is 4.23. The smallest absolute Gasteiger partial charge is 0.307 e. The average molecular weight is 187 g/mol. The van der Waals surface area contributed by atoms with Gasteiger partial charge in [0.2, 0.25) is 0 Å². The number of carbonyl (C=O) groups is 2. The second-order valence-corrected chi connectivity index (χ2v) is 2.96. The lowest BCUT2D eigenvalue weighted by Crippen LogP contribution is -2.31. The van der Waals surface area contributed by atoms with E-state index in [0.29, 0.717) is 19.5 Å². The van der Waals surface area contributed by atoms with Gasteiger partial charge in [-0.1, -0.05) is 0 Å². The maximum absolute atomic E-state index is 11.1. The van der Waals surface area contributed by atoms with Crippen LogP contribution in [-0.2, 0) is 14.3 Å². The molecule has 13 heavy (non-hydrogen) atoms. The van der Waals surface area contributed by atoms with Gasteiger partial charge in [-0.2, -0.15) is 0 Å². The highest BCUT2D eigenvalue weighted by molar-refractivity contribution is 5.83.